The van der Waals surface area contributed by atoms with E-state index in [9.17, 15) is 4.79 Å². The summed E-state index contributed by atoms with van der Waals surface area (Å²) in [7, 11) is 0. The molecular weight excluding hydrogens is 338 g/mol. The van der Waals surface area contributed by atoms with Crippen LogP contribution in [0.5, 0.6) is 0 Å². The van der Waals surface area contributed by atoms with Crippen LogP contribution < -0.4 is 10.2 Å². The van der Waals surface area contributed by atoms with E-state index in [4.69, 9.17) is 4.98 Å². The number of nitrogens with zero attached hydrogens (tertiary/aromatic N) is 4. The van der Waals surface area contributed by atoms with Gasteiger partial charge in [-0.1, -0.05) is 12.1 Å². The van der Waals surface area contributed by atoms with Gasteiger partial charge in [0.2, 0.25) is 0 Å². The molecule has 0 spiro atoms. The molecular formula is C21H27N5O. The Hall–Kier alpha value is -2.63. The SMILES string of the molecule is Cc1cccc(NC(=O)N2CCc3nc(C)nc(N4CCCCC4)c3C2)c1. The third-order valence-corrected chi connectivity index (χ3v) is 5.36. The zero-order valence-corrected chi connectivity index (χ0v) is 16.2. The first-order valence-electron chi connectivity index (χ1n) is 9.84. The van der Waals surface area contributed by atoms with Gasteiger partial charge in [-0.2, -0.15) is 0 Å². The van der Waals surface area contributed by atoms with Crippen molar-refractivity contribution < 1.29 is 4.79 Å². The minimum Gasteiger partial charge on any atom is -0.356 e. The van der Waals surface area contributed by atoms with Crippen molar-refractivity contribution in [1.82, 2.24) is 14.9 Å². The third-order valence-electron chi connectivity index (χ3n) is 5.36. The first kappa shape index (κ1) is 17.8. The van der Waals surface area contributed by atoms with Crippen molar-refractivity contribution in [3.8, 4) is 0 Å². The number of carbonyl (C=O) groups is 1. The lowest BCUT2D eigenvalue weighted by Crippen LogP contribution is -2.41. The fraction of sp³-hybridized carbons (Fsp3) is 0.476. The number of amides is 2. The van der Waals surface area contributed by atoms with Gasteiger partial charge in [-0.3, -0.25) is 0 Å². The normalized spacial score (nSPS) is 16.8. The lowest BCUT2D eigenvalue weighted by atomic mass is 10.0. The van der Waals surface area contributed by atoms with E-state index in [1.807, 2.05) is 43.0 Å². The average molecular weight is 365 g/mol. The van der Waals surface area contributed by atoms with E-state index in [1.54, 1.807) is 0 Å². The number of urea groups is 1. The van der Waals surface area contributed by atoms with Crippen LogP contribution in [0.25, 0.3) is 0 Å². The fourth-order valence-electron chi connectivity index (χ4n) is 3.98. The monoisotopic (exact) mass is 365 g/mol. The second-order valence-electron chi connectivity index (χ2n) is 7.54. The Morgan fingerprint density at radius 2 is 1.89 bits per heavy atom. The van der Waals surface area contributed by atoms with Gasteiger partial charge in [-0.15, -0.1) is 0 Å². The molecule has 1 fully saturated rings. The summed E-state index contributed by atoms with van der Waals surface area (Å²) in [6, 6.07) is 7.84. The molecule has 6 heteroatoms. The number of fused-ring (bicyclic) bond motifs is 1. The largest absolute Gasteiger partial charge is 0.356 e. The summed E-state index contributed by atoms with van der Waals surface area (Å²) in [5, 5.41) is 3.03. The van der Waals surface area contributed by atoms with Crippen LogP contribution in [0.2, 0.25) is 0 Å². The number of benzene rings is 1. The highest BCUT2D eigenvalue weighted by Gasteiger charge is 2.27. The molecule has 0 radical (unpaired) electrons. The average Bonchev–Trinajstić information content (AvgIpc) is 2.67. The standard InChI is InChI=1S/C21H27N5O/c1-15-7-6-8-17(13-15)24-21(27)26-12-9-19-18(14-26)20(23-16(2)22-19)25-10-4-3-5-11-25/h6-8,13H,3-5,9-12,14H2,1-2H3,(H,24,27). The predicted molar refractivity (Wildman–Crippen MR) is 107 cm³/mol. The summed E-state index contributed by atoms with van der Waals surface area (Å²) in [4.78, 5) is 26.5. The van der Waals surface area contributed by atoms with Gasteiger partial charge < -0.3 is 15.1 Å². The van der Waals surface area contributed by atoms with E-state index in [1.165, 1.54) is 19.3 Å². The summed E-state index contributed by atoms with van der Waals surface area (Å²) in [5.41, 5.74) is 4.19. The number of aromatic nitrogens is 2. The van der Waals surface area contributed by atoms with E-state index in [-0.39, 0.29) is 6.03 Å². The number of carbonyl (C=O) groups excluding carboxylic acids is 1. The van der Waals surface area contributed by atoms with Gasteiger partial charge in [-0.25, -0.2) is 14.8 Å². The molecule has 1 N–H and O–H groups in total. The molecule has 0 atom stereocenters. The molecule has 27 heavy (non-hydrogen) atoms. The molecule has 0 unspecified atom stereocenters. The number of hydrogen-bond donors (Lipinski definition) is 1. The number of hydrogen-bond acceptors (Lipinski definition) is 4. The Labute approximate surface area is 160 Å². The smallest absolute Gasteiger partial charge is 0.322 e. The maximum atomic E-state index is 12.8. The van der Waals surface area contributed by atoms with E-state index in [0.29, 0.717) is 13.1 Å². The van der Waals surface area contributed by atoms with Gasteiger partial charge in [-0.05, 0) is 50.8 Å². The van der Waals surface area contributed by atoms with E-state index >= 15 is 0 Å². The topological polar surface area (TPSA) is 61.4 Å². The van der Waals surface area contributed by atoms with Crippen LogP contribution in [-0.2, 0) is 13.0 Å². The molecule has 1 saturated heterocycles. The molecule has 2 aromatic rings. The Morgan fingerprint density at radius 3 is 2.67 bits per heavy atom. The van der Waals surface area contributed by atoms with Crippen LogP contribution in [0, 0.1) is 13.8 Å². The number of anilines is 2. The summed E-state index contributed by atoms with van der Waals surface area (Å²) in [6.07, 6.45) is 4.47. The quantitative estimate of drug-likeness (QED) is 0.882. The molecule has 0 aliphatic carbocycles. The lowest BCUT2D eigenvalue weighted by molar-refractivity contribution is 0.206. The van der Waals surface area contributed by atoms with Gasteiger partial charge in [0.1, 0.15) is 11.6 Å². The van der Waals surface area contributed by atoms with E-state index < -0.39 is 0 Å². The van der Waals surface area contributed by atoms with Crippen LogP contribution >= 0.6 is 0 Å². The van der Waals surface area contributed by atoms with Crippen LogP contribution in [0.1, 0.15) is 41.9 Å². The first-order chi connectivity index (χ1) is 13.1. The van der Waals surface area contributed by atoms with Crippen molar-refractivity contribution in [3.05, 3.63) is 46.9 Å². The minimum absolute atomic E-state index is 0.0589. The van der Waals surface area contributed by atoms with Crippen LogP contribution in [0.4, 0.5) is 16.3 Å². The van der Waals surface area contributed by atoms with Crippen molar-refractivity contribution in [2.24, 2.45) is 0 Å². The van der Waals surface area contributed by atoms with Gasteiger partial charge in [0.05, 0.1) is 12.2 Å². The molecule has 3 heterocycles. The maximum absolute atomic E-state index is 12.8. The van der Waals surface area contributed by atoms with Crippen molar-refractivity contribution >= 4 is 17.5 Å². The molecule has 1 aromatic heterocycles. The molecule has 0 saturated carbocycles. The van der Waals surface area contributed by atoms with Gasteiger partial charge in [0, 0.05) is 37.3 Å². The molecule has 0 bridgehead atoms. The number of aryl methyl sites for hydroxylation is 2. The van der Waals surface area contributed by atoms with Gasteiger partial charge in [0.25, 0.3) is 0 Å². The van der Waals surface area contributed by atoms with Crippen LogP contribution in [0.3, 0.4) is 0 Å². The molecule has 4 rings (SSSR count). The Kier molecular flexibility index (Phi) is 4.97. The van der Waals surface area contributed by atoms with Gasteiger partial charge >= 0.3 is 6.03 Å². The molecule has 2 aliphatic rings. The zero-order chi connectivity index (χ0) is 18.8. The molecule has 6 nitrogen and oxygen atoms in total. The second-order valence-corrected chi connectivity index (χ2v) is 7.54. The second kappa shape index (κ2) is 7.55. The highest BCUT2D eigenvalue weighted by atomic mass is 16.2. The van der Waals surface area contributed by atoms with Crippen molar-refractivity contribution in [3.63, 3.8) is 0 Å². The third kappa shape index (κ3) is 3.89. The summed E-state index contributed by atoms with van der Waals surface area (Å²) in [5.74, 6) is 1.86. The van der Waals surface area contributed by atoms with Crippen molar-refractivity contribution in [2.75, 3.05) is 29.9 Å². The summed E-state index contributed by atoms with van der Waals surface area (Å²) in [6.45, 7) is 7.32. The number of nitrogens with one attached hydrogen (secondary N) is 1. The number of piperidine rings is 1. The summed E-state index contributed by atoms with van der Waals surface area (Å²) >= 11 is 0. The Bertz CT molecular complexity index is 844. The molecule has 1 aromatic carbocycles. The Morgan fingerprint density at radius 1 is 1.07 bits per heavy atom. The minimum atomic E-state index is -0.0589. The van der Waals surface area contributed by atoms with Crippen molar-refractivity contribution in [2.45, 2.75) is 46.1 Å². The fourth-order valence-corrected chi connectivity index (χ4v) is 3.98. The first-order valence-corrected chi connectivity index (χ1v) is 9.84. The lowest BCUT2D eigenvalue weighted by Gasteiger charge is -2.34. The molecule has 2 aliphatic heterocycles. The predicted octanol–water partition coefficient (Wildman–Crippen LogP) is 3.67. The van der Waals surface area contributed by atoms with Crippen LogP contribution in [-0.4, -0.2) is 40.5 Å². The van der Waals surface area contributed by atoms with Crippen LogP contribution in [0.15, 0.2) is 24.3 Å². The summed E-state index contributed by atoms with van der Waals surface area (Å²) < 4.78 is 0. The van der Waals surface area contributed by atoms with Crippen molar-refractivity contribution in [1.29, 1.82) is 0 Å². The highest BCUT2D eigenvalue weighted by molar-refractivity contribution is 5.89. The number of rotatable bonds is 2. The zero-order valence-electron chi connectivity index (χ0n) is 16.2. The highest BCUT2D eigenvalue weighted by Crippen LogP contribution is 2.29. The maximum Gasteiger partial charge on any atom is 0.322 e. The molecule has 142 valence electrons. The Balaban J connectivity index is 1.55. The molecule has 2 amide bonds. The van der Waals surface area contributed by atoms with E-state index in [2.05, 4.69) is 15.2 Å². The van der Waals surface area contributed by atoms with E-state index in [0.717, 1.165) is 53.7 Å². The van der Waals surface area contributed by atoms with Gasteiger partial charge in [0.15, 0.2) is 0 Å².